The van der Waals surface area contributed by atoms with E-state index in [4.69, 9.17) is 23.4 Å². The van der Waals surface area contributed by atoms with Gasteiger partial charge in [-0.05, 0) is 79.1 Å². The maximum atomic E-state index is 13.1. The molecule has 0 aromatic heterocycles. The number of hydrogen-bond donors (Lipinski definition) is 0. The molecule has 0 amide bonds. The summed E-state index contributed by atoms with van der Waals surface area (Å²) in [5.74, 6) is 1.30. The standard InChI is InChI=1S/C47H51N4O7/c1-32-12-16-37-41(26-32)58-42-29-36(48(3)4)15-17-38(42)47(37)34-14-19-40-44(28-34)57-25-24-56-43-27-33(2)13-18-39(43)50(30-45(52)54-5)22-20-49(35-10-8-7-9-11-35)21-23-51(40)31-46(53)55-6/h7-19,26-29H,20-25,30-31H2,1-6H3/q+1. The minimum atomic E-state index is -0.369. The highest BCUT2D eigenvalue weighted by Crippen LogP contribution is 2.43. The lowest BCUT2D eigenvalue weighted by Crippen LogP contribution is -2.42. The van der Waals surface area contributed by atoms with Gasteiger partial charge in [0.05, 0.1) is 31.7 Å². The zero-order valence-corrected chi connectivity index (χ0v) is 34.1. The number of para-hydroxylation sites is 1. The Balaban J connectivity index is 1.36. The third-order valence-electron chi connectivity index (χ3n) is 10.5. The Morgan fingerprint density at radius 2 is 1.28 bits per heavy atom. The van der Waals surface area contributed by atoms with Gasteiger partial charge < -0.3 is 38.1 Å². The number of nitrogens with zero attached hydrogens (tertiary/aromatic N) is 4. The predicted octanol–water partition coefficient (Wildman–Crippen LogP) is 6.79. The Hall–Kier alpha value is -6.49. The molecule has 1 aliphatic carbocycles. The van der Waals surface area contributed by atoms with Gasteiger partial charge in [0.1, 0.15) is 63.2 Å². The Morgan fingerprint density at radius 1 is 0.672 bits per heavy atom. The highest BCUT2D eigenvalue weighted by Gasteiger charge is 2.24. The van der Waals surface area contributed by atoms with Crippen molar-refractivity contribution in [2.75, 3.05) is 95.5 Å². The first-order valence-electron chi connectivity index (χ1n) is 19.5. The largest absolute Gasteiger partial charge is 0.488 e. The topological polar surface area (TPSA) is 96.9 Å². The maximum absolute atomic E-state index is 13.1. The summed E-state index contributed by atoms with van der Waals surface area (Å²) >= 11 is 0. The molecule has 0 atom stereocenters. The lowest BCUT2D eigenvalue weighted by atomic mass is 9.93. The summed E-state index contributed by atoms with van der Waals surface area (Å²) in [5, 5.41) is 2.01. The summed E-state index contributed by atoms with van der Waals surface area (Å²) in [6, 6.07) is 34.8. The number of rotatable bonds is 6. The quantitative estimate of drug-likeness (QED) is 0.102. The lowest BCUT2D eigenvalue weighted by Gasteiger charge is -2.33. The van der Waals surface area contributed by atoms with E-state index in [0.717, 1.165) is 67.0 Å². The van der Waals surface area contributed by atoms with Crippen LogP contribution in [0.4, 0.5) is 17.1 Å². The van der Waals surface area contributed by atoms with Crippen molar-refractivity contribution in [3.63, 3.8) is 0 Å². The molecule has 0 bridgehead atoms. The van der Waals surface area contributed by atoms with Crippen LogP contribution < -0.4 is 34.1 Å². The summed E-state index contributed by atoms with van der Waals surface area (Å²) in [4.78, 5) is 32.1. The summed E-state index contributed by atoms with van der Waals surface area (Å²) in [6.07, 6.45) is 0. The summed E-state index contributed by atoms with van der Waals surface area (Å²) in [5.41, 5.74) is 8.38. The number of aryl methyl sites for hydroxylation is 2. The van der Waals surface area contributed by atoms with Gasteiger partial charge in [-0.3, -0.25) is 9.59 Å². The summed E-state index contributed by atoms with van der Waals surface area (Å²) in [6.45, 7) is 6.63. The third-order valence-corrected chi connectivity index (χ3v) is 10.5. The van der Waals surface area contributed by atoms with E-state index in [1.165, 1.54) is 14.2 Å². The minimum Gasteiger partial charge on any atom is -0.488 e. The molecule has 11 nitrogen and oxygen atoms in total. The summed E-state index contributed by atoms with van der Waals surface area (Å²) < 4.78 is 32.1. The Labute approximate surface area is 339 Å². The van der Waals surface area contributed by atoms with Crippen LogP contribution in [0.5, 0.6) is 11.5 Å². The zero-order chi connectivity index (χ0) is 40.8. The number of methoxy groups -OCH3 is 2. The number of ether oxygens (including phenoxy) is 4. The van der Waals surface area contributed by atoms with Crippen LogP contribution in [0.1, 0.15) is 11.1 Å². The maximum Gasteiger partial charge on any atom is 0.325 e. The van der Waals surface area contributed by atoms with Gasteiger partial charge in [0, 0.05) is 54.4 Å². The molecule has 0 N–H and O–H groups in total. The van der Waals surface area contributed by atoms with Gasteiger partial charge in [0.25, 0.3) is 0 Å². The molecule has 0 spiro atoms. The number of carbonyl (C=O) groups is 2. The second kappa shape index (κ2) is 17.8. The first kappa shape index (κ1) is 39.7. The summed E-state index contributed by atoms with van der Waals surface area (Å²) in [7, 11) is 6.83. The highest BCUT2D eigenvalue weighted by molar-refractivity contribution is 6.02. The monoisotopic (exact) mass is 783 g/mol. The van der Waals surface area contributed by atoms with Gasteiger partial charge >= 0.3 is 11.9 Å². The van der Waals surface area contributed by atoms with Crippen LogP contribution in [-0.4, -0.2) is 92.7 Å². The van der Waals surface area contributed by atoms with E-state index < -0.39 is 0 Å². The number of anilines is 3. The van der Waals surface area contributed by atoms with E-state index in [1.54, 1.807) is 0 Å². The van der Waals surface area contributed by atoms with Gasteiger partial charge in [-0.15, -0.1) is 0 Å². The van der Waals surface area contributed by atoms with E-state index in [0.29, 0.717) is 37.7 Å². The van der Waals surface area contributed by atoms with Crippen LogP contribution in [-0.2, 0) is 19.1 Å². The first-order chi connectivity index (χ1) is 28.1. The molecular formula is C47H51N4O7+. The molecule has 11 heteroatoms. The Bertz CT molecular complexity index is 2460. The van der Waals surface area contributed by atoms with Crippen molar-refractivity contribution in [2.45, 2.75) is 13.8 Å². The van der Waals surface area contributed by atoms with Crippen LogP contribution in [0.25, 0.3) is 33.4 Å². The third kappa shape index (κ3) is 8.89. The average molecular weight is 784 g/mol. The molecule has 4 aromatic carbocycles. The van der Waals surface area contributed by atoms with Crippen molar-refractivity contribution in [2.24, 2.45) is 0 Å². The molecule has 3 aliphatic rings. The van der Waals surface area contributed by atoms with Crippen LogP contribution >= 0.6 is 0 Å². The van der Waals surface area contributed by atoms with Crippen LogP contribution in [0.2, 0.25) is 0 Å². The molecule has 58 heavy (non-hydrogen) atoms. The molecule has 2 aliphatic heterocycles. The van der Waals surface area contributed by atoms with Gasteiger partial charge in [0.2, 0.25) is 5.36 Å². The van der Waals surface area contributed by atoms with Crippen molar-refractivity contribution in [1.29, 1.82) is 0 Å². The SMILES string of the molecule is COC(=O)CN1CCN(c2ccccc2)CCN(CC(=O)OC)c2ccc(-c3c4ccc(=[N+](C)C)cc-4oc4cc(C)ccc34)cc2OCCOc2cc(C)ccc21. The van der Waals surface area contributed by atoms with Crippen molar-refractivity contribution in [3.8, 4) is 33.9 Å². The molecule has 7 rings (SSSR count). The van der Waals surface area contributed by atoms with Crippen LogP contribution in [0, 0.1) is 13.8 Å². The predicted molar refractivity (Wildman–Crippen MR) is 229 cm³/mol. The fraction of sp³-hybridized carbons (Fsp3) is 0.298. The molecule has 300 valence electrons. The molecule has 0 unspecified atom stereocenters. The van der Waals surface area contributed by atoms with Gasteiger partial charge in [-0.1, -0.05) is 42.5 Å². The van der Waals surface area contributed by atoms with Crippen molar-refractivity contribution < 1.29 is 33.0 Å². The molecule has 0 saturated carbocycles. The van der Waals surface area contributed by atoms with E-state index in [1.807, 2.05) is 73.3 Å². The number of fused-ring (bicyclic) bond motifs is 4. The van der Waals surface area contributed by atoms with E-state index in [-0.39, 0.29) is 38.2 Å². The number of benzene rings is 5. The van der Waals surface area contributed by atoms with E-state index in [2.05, 4.69) is 77.1 Å². The Morgan fingerprint density at radius 3 is 1.91 bits per heavy atom. The average Bonchev–Trinajstić information content (AvgIpc) is 3.23. The van der Waals surface area contributed by atoms with E-state index in [9.17, 15) is 9.59 Å². The normalized spacial score (nSPS) is 13.7. The van der Waals surface area contributed by atoms with E-state index >= 15 is 0 Å². The van der Waals surface area contributed by atoms with Gasteiger partial charge in [0.15, 0.2) is 0 Å². The number of esters is 2. The molecule has 0 radical (unpaired) electrons. The Kier molecular flexibility index (Phi) is 12.2. The van der Waals surface area contributed by atoms with Crippen molar-refractivity contribution in [3.05, 3.63) is 120 Å². The van der Waals surface area contributed by atoms with Crippen molar-refractivity contribution >= 4 is 40.0 Å². The smallest absolute Gasteiger partial charge is 0.325 e. The zero-order valence-electron chi connectivity index (χ0n) is 34.1. The highest BCUT2D eigenvalue weighted by atomic mass is 16.5. The number of hydrogen-bond acceptors (Lipinski definition) is 10. The van der Waals surface area contributed by atoms with Gasteiger partial charge in [-0.2, -0.15) is 0 Å². The molecular weight excluding hydrogens is 733 g/mol. The van der Waals surface area contributed by atoms with Gasteiger partial charge in [-0.25, -0.2) is 4.58 Å². The van der Waals surface area contributed by atoms with Crippen molar-refractivity contribution in [1.82, 2.24) is 4.58 Å². The van der Waals surface area contributed by atoms with Crippen LogP contribution in [0.3, 0.4) is 0 Å². The minimum absolute atomic E-state index is 0.00713. The first-order valence-corrected chi connectivity index (χ1v) is 19.5. The fourth-order valence-corrected chi connectivity index (χ4v) is 7.42. The fourth-order valence-electron chi connectivity index (χ4n) is 7.42. The molecule has 0 fully saturated rings. The second-order valence-electron chi connectivity index (χ2n) is 14.7. The lowest BCUT2D eigenvalue weighted by molar-refractivity contribution is -0.139. The molecule has 2 heterocycles. The molecule has 4 aromatic rings. The van der Waals surface area contributed by atoms with Crippen LogP contribution in [0.15, 0.2) is 108 Å². The second-order valence-corrected chi connectivity index (χ2v) is 14.7. The molecule has 0 saturated heterocycles. The number of carbonyl (C=O) groups excluding carboxylic acids is 2.